The molecule has 3 saturated heterocycles. The zero-order valence-electron chi connectivity index (χ0n) is 26.8. The summed E-state index contributed by atoms with van der Waals surface area (Å²) < 4.78 is 41.7. The number of aliphatic hydroxyl groups is 3. The van der Waals surface area contributed by atoms with Crippen molar-refractivity contribution in [1.29, 1.82) is 0 Å². The molecule has 1 amide bonds. The summed E-state index contributed by atoms with van der Waals surface area (Å²) in [7, 11) is 0. The van der Waals surface area contributed by atoms with Gasteiger partial charge in [0.15, 0.2) is 5.82 Å². The summed E-state index contributed by atoms with van der Waals surface area (Å²) in [6.07, 6.45) is 3.15. The third-order valence-electron chi connectivity index (χ3n) is 9.87. The molecule has 4 aliphatic heterocycles. The molecule has 5 N–H and O–H groups in total. The van der Waals surface area contributed by atoms with Crippen molar-refractivity contribution in [2.75, 3.05) is 13.2 Å². The van der Waals surface area contributed by atoms with Crippen LogP contribution in [0.25, 0.3) is 5.69 Å². The highest BCUT2D eigenvalue weighted by molar-refractivity contribution is 8.00. The van der Waals surface area contributed by atoms with E-state index >= 15 is 0 Å². The Morgan fingerprint density at radius 3 is 2.77 bits per heavy atom. The Labute approximate surface area is 277 Å². The number of benzene rings is 1. The number of carbonyl (C=O) groups excluding carboxylic acids is 1. The number of hydrogen-bond donors (Lipinski definition) is 5. The summed E-state index contributed by atoms with van der Waals surface area (Å²) in [5, 5.41) is 47.4. The second-order valence-electron chi connectivity index (χ2n) is 13.8. The third kappa shape index (κ3) is 7.43. The minimum atomic E-state index is -1.54. The van der Waals surface area contributed by atoms with Crippen LogP contribution < -0.4 is 10.6 Å². The molecule has 47 heavy (non-hydrogen) atoms. The lowest BCUT2D eigenvalue weighted by Crippen LogP contribution is -2.65. The highest BCUT2D eigenvalue weighted by Crippen LogP contribution is 2.42. The number of thioether (sulfide) groups is 1. The number of amides is 1. The van der Waals surface area contributed by atoms with E-state index in [0.717, 1.165) is 31.4 Å². The Bertz CT molecular complexity index is 1430. The van der Waals surface area contributed by atoms with Gasteiger partial charge in [-0.3, -0.25) is 4.79 Å². The third-order valence-corrected chi connectivity index (χ3v) is 11.3. The molecule has 1 aromatic heterocycles. The van der Waals surface area contributed by atoms with E-state index in [2.05, 4.69) is 34.8 Å². The summed E-state index contributed by atoms with van der Waals surface area (Å²) in [5.74, 6) is -0.719. The standard InChI is InChI=1S/C33H45F2N5O6S/c1-16(2)11-18-9-10-45-30-19(12-18)14-36-26(30)32(44)37-25-17(3)5-4-6-24(47-33-29(43)27(41)28(42)31(25)46-33)22-15-40(39-38-22)23-8-7-20(34)13-21(23)35/h4-5,7-8,13,15-19,24-31,33,36,41-43H,6,9-12,14H2,1-3H3,(H,37,44)/b5-4-/t17-,18?,19?,24+,25-,26?,27+,28-,29-,30?,31-,33-/m1/s1. The number of fused-ring (bicyclic) bond motifs is 3. The maximum atomic E-state index is 14.4. The Balaban J connectivity index is 1.20. The number of ether oxygens (including phenoxy) is 2. The summed E-state index contributed by atoms with van der Waals surface area (Å²) in [6, 6.07) is 1.87. The molecule has 0 radical (unpaired) electrons. The van der Waals surface area contributed by atoms with Crippen molar-refractivity contribution in [3.8, 4) is 5.69 Å². The molecule has 6 rings (SSSR count). The number of hydrogen-bond acceptors (Lipinski definition) is 10. The number of aliphatic hydroxyl groups excluding tert-OH is 3. The van der Waals surface area contributed by atoms with Gasteiger partial charge in [-0.25, -0.2) is 13.5 Å². The normalized spacial score (nSPS) is 38.4. The highest BCUT2D eigenvalue weighted by atomic mass is 32.2. The van der Waals surface area contributed by atoms with Gasteiger partial charge in [0.05, 0.1) is 29.3 Å². The first kappa shape index (κ1) is 34.4. The van der Waals surface area contributed by atoms with Gasteiger partial charge in [0.1, 0.15) is 47.4 Å². The molecule has 2 bridgehead atoms. The monoisotopic (exact) mass is 677 g/mol. The van der Waals surface area contributed by atoms with Gasteiger partial charge in [0.25, 0.3) is 0 Å². The minimum Gasteiger partial charge on any atom is -0.388 e. The maximum absolute atomic E-state index is 14.4. The number of allylic oxidation sites excluding steroid dienone is 1. The SMILES string of the molecule is CC(C)CC1CCOC2C(CNC2C(=O)N[C@H]2[C@H]3O[C@H](S[C@H](c4cn(-c5ccc(F)cc5F)nn4)C/C=C\[C@H]2C)[C@H](O)[C@@H](O)[C@H]3O)C1. The van der Waals surface area contributed by atoms with Crippen LogP contribution in [0.3, 0.4) is 0 Å². The second-order valence-corrected chi connectivity index (χ2v) is 15.1. The zero-order valence-corrected chi connectivity index (χ0v) is 27.6. The van der Waals surface area contributed by atoms with Crippen LogP contribution in [0.1, 0.15) is 57.4 Å². The highest BCUT2D eigenvalue weighted by Gasteiger charge is 2.50. The van der Waals surface area contributed by atoms with E-state index in [4.69, 9.17) is 9.47 Å². The quantitative estimate of drug-likeness (QED) is 0.289. The van der Waals surface area contributed by atoms with Crippen LogP contribution in [0.15, 0.2) is 36.5 Å². The Morgan fingerprint density at radius 2 is 2.00 bits per heavy atom. The van der Waals surface area contributed by atoms with Gasteiger partial charge in [-0.15, -0.1) is 16.9 Å². The van der Waals surface area contributed by atoms with E-state index in [1.807, 2.05) is 19.1 Å². The van der Waals surface area contributed by atoms with Gasteiger partial charge in [0.2, 0.25) is 5.91 Å². The van der Waals surface area contributed by atoms with E-state index in [0.29, 0.717) is 37.1 Å². The number of nitrogens with zero attached hydrogens (tertiary/aromatic N) is 3. The number of nitrogens with one attached hydrogen (secondary N) is 2. The molecule has 5 heterocycles. The van der Waals surface area contributed by atoms with Crippen LogP contribution in [0, 0.1) is 35.3 Å². The molecule has 4 aliphatic rings. The van der Waals surface area contributed by atoms with Crippen molar-refractivity contribution in [3.63, 3.8) is 0 Å². The number of carbonyl (C=O) groups is 1. The lowest BCUT2D eigenvalue weighted by molar-refractivity contribution is -0.207. The van der Waals surface area contributed by atoms with Crippen molar-refractivity contribution >= 4 is 17.7 Å². The first-order valence-electron chi connectivity index (χ1n) is 16.5. The Kier molecular flexibility index (Phi) is 10.7. The summed E-state index contributed by atoms with van der Waals surface area (Å²) in [6.45, 7) is 7.64. The van der Waals surface area contributed by atoms with E-state index in [9.17, 15) is 28.9 Å². The van der Waals surface area contributed by atoms with Crippen LogP contribution >= 0.6 is 11.8 Å². The van der Waals surface area contributed by atoms with Crippen molar-refractivity contribution in [2.24, 2.45) is 23.7 Å². The van der Waals surface area contributed by atoms with Crippen LogP contribution in [0.4, 0.5) is 8.78 Å². The van der Waals surface area contributed by atoms with Gasteiger partial charge in [-0.2, -0.15) is 0 Å². The maximum Gasteiger partial charge on any atom is 0.240 e. The molecule has 0 aliphatic carbocycles. The molecular weight excluding hydrogens is 632 g/mol. The van der Waals surface area contributed by atoms with E-state index < -0.39 is 58.8 Å². The van der Waals surface area contributed by atoms with Gasteiger partial charge in [-0.05, 0) is 61.5 Å². The van der Waals surface area contributed by atoms with Crippen LogP contribution in [0.2, 0.25) is 0 Å². The van der Waals surface area contributed by atoms with Crippen molar-refractivity contribution in [2.45, 2.75) is 99.7 Å². The van der Waals surface area contributed by atoms with Gasteiger partial charge in [0, 0.05) is 19.2 Å². The van der Waals surface area contributed by atoms with Crippen LogP contribution in [-0.4, -0.2) is 97.4 Å². The molecule has 14 heteroatoms. The molecule has 1 aromatic carbocycles. The molecule has 12 atom stereocenters. The fraction of sp³-hybridized carbons (Fsp3) is 0.667. The Morgan fingerprint density at radius 1 is 1.19 bits per heavy atom. The zero-order chi connectivity index (χ0) is 33.4. The lowest BCUT2D eigenvalue weighted by atomic mass is 9.85. The molecular formula is C33H45F2N5O6S. The van der Waals surface area contributed by atoms with E-state index in [1.165, 1.54) is 28.7 Å². The average molecular weight is 678 g/mol. The van der Waals surface area contributed by atoms with Crippen molar-refractivity contribution in [3.05, 3.63) is 53.9 Å². The van der Waals surface area contributed by atoms with Crippen LogP contribution in [-0.2, 0) is 14.3 Å². The van der Waals surface area contributed by atoms with Crippen molar-refractivity contribution < 1.29 is 38.4 Å². The van der Waals surface area contributed by atoms with Crippen LogP contribution in [0.5, 0.6) is 0 Å². The fourth-order valence-corrected chi connectivity index (χ4v) is 8.78. The lowest BCUT2D eigenvalue weighted by Gasteiger charge is -2.45. The molecule has 258 valence electrons. The summed E-state index contributed by atoms with van der Waals surface area (Å²) >= 11 is 1.19. The van der Waals surface area contributed by atoms with Gasteiger partial charge >= 0.3 is 0 Å². The summed E-state index contributed by atoms with van der Waals surface area (Å²) in [5.41, 5.74) is -0.514. The number of aromatic nitrogens is 3. The van der Waals surface area contributed by atoms with Gasteiger partial charge in [-0.1, -0.05) is 38.1 Å². The topological polar surface area (TPSA) is 151 Å². The first-order valence-corrected chi connectivity index (χ1v) is 17.5. The van der Waals surface area contributed by atoms with E-state index in [1.54, 1.807) is 0 Å². The Hall–Kier alpha value is -2.46. The smallest absolute Gasteiger partial charge is 0.240 e. The van der Waals surface area contributed by atoms with Gasteiger partial charge < -0.3 is 35.4 Å². The van der Waals surface area contributed by atoms with Crippen molar-refractivity contribution in [1.82, 2.24) is 25.6 Å². The molecule has 3 fully saturated rings. The molecule has 4 unspecified atom stereocenters. The second kappa shape index (κ2) is 14.6. The summed E-state index contributed by atoms with van der Waals surface area (Å²) in [4.78, 5) is 13.9. The van der Waals surface area contributed by atoms with E-state index in [-0.39, 0.29) is 29.5 Å². The number of rotatable bonds is 6. The predicted molar refractivity (Wildman–Crippen MR) is 170 cm³/mol. The fourth-order valence-electron chi connectivity index (χ4n) is 7.48. The average Bonchev–Trinajstić information content (AvgIpc) is 3.62. The largest absolute Gasteiger partial charge is 0.388 e. The molecule has 0 saturated carbocycles. The predicted octanol–water partition coefficient (Wildman–Crippen LogP) is 2.64. The number of halogens is 2. The minimum absolute atomic E-state index is 0.0259. The molecule has 2 aromatic rings. The molecule has 11 nitrogen and oxygen atoms in total. The first-order chi connectivity index (χ1) is 22.5. The molecule has 0 spiro atoms.